The second kappa shape index (κ2) is 6.33. The number of para-hydroxylation sites is 1. The van der Waals surface area contributed by atoms with Crippen LogP contribution in [-0.4, -0.2) is 23.7 Å². The number of nitrogens with zero attached hydrogens (tertiary/aromatic N) is 2. The minimum Gasteiger partial charge on any atom is -0.493 e. The van der Waals surface area contributed by atoms with Gasteiger partial charge in [0.05, 0.1) is 35.0 Å². The molecule has 0 aliphatic carbocycles. The van der Waals surface area contributed by atoms with Crippen molar-refractivity contribution in [3.8, 4) is 11.5 Å². The molecular weight excluding hydrogens is 466 g/mol. The smallest absolute Gasteiger partial charge is 0.306 e. The summed E-state index contributed by atoms with van der Waals surface area (Å²) in [5, 5.41) is 11.8. The molecular formula is C22H16BrN3O3S. The minimum absolute atomic E-state index is 0.142. The Morgan fingerprint density at radius 1 is 1.30 bits per heavy atom. The number of rotatable bonds is 2. The maximum Gasteiger partial charge on any atom is 0.306 e. The molecule has 0 radical (unpaired) electrons. The summed E-state index contributed by atoms with van der Waals surface area (Å²) in [4.78, 5) is 14.6. The SMILES string of the molecule is COc1cccc2c1O[C@@]1(C(=O)Nc3ccc(Br)cc31)N1N=C(c3cccs3)C[C@@H]21. The number of halogens is 1. The lowest BCUT2D eigenvalue weighted by molar-refractivity contribution is -0.161. The Labute approximate surface area is 185 Å². The van der Waals surface area contributed by atoms with Crippen LogP contribution in [0.25, 0.3) is 0 Å². The van der Waals surface area contributed by atoms with Crippen LogP contribution in [0.1, 0.15) is 28.5 Å². The molecule has 0 saturated carbocycles. The molecule has 6 rings (SSSR count). The van der Waals surface area contributed by atoms with Gasteiger partial charge in [-0.2, -0.15) is 5.10 Å². The number of hydrogen-bond donors (Lipinski definition) is 1. The van der Waals surface area contributed by atoms with Gasteiger partial charge in [0.2, 0.25) is 0 Å². The summed E-state index contributed by atoms with van der Waals surface area (Å²) < 4.78 is 13.0. The predicted molar refractivity (Wildman–Crippen MR) is 118 cm³/mol. The maximum absolute atomic E-state index is 13.5. The van der Waals surface area contributed by atoms with E-state index in [2.05, 4.69) is 27.3 Å². The number of hydrogen-bond acceptors (Lipinski definition) is 6. The average Bonchev–Trinajstić information content (AvgIpc) is 3.48. The molecule has 0 unspecified atom stereocenters. The Bertz CT molecular complexity index is 1230. The van der Waals surface area contributed by atoms with Crippen LogP contribution in [0.2, 0.25) is 0 Å². The first-order chi connectivity index (χ1) is 14.6. The second-order valence-corrected chi connectivity index (χ2v) is 9.22. The molecule has 3 aromatic rings. The molecule has 1 spiro atoms. The summed E-state index contributed by atoms with van der Waals surface area (Å²) in [6.07, 6.45) is 0.683. The number of amides is 1. The van der Waals surface area contributed by atoms with Gasteiger partial charge < -0.3 is 14.8 Å². The van der Waals surface area contributed by atoms with Gasteiger partial charge in [-0.3, -0.25) is 4.79 Å². The monoisotopic (exact) mass is 481 g/mol. The van der Waals surface area contributed by atoms with Crippen LogP contribution in [0.15, 0.2) is 63.5 Å². The highest BCUT2D eigenvalue weighted by molar-refractivity contribution is 9.10. The molecule has 3 aliphatic rings. The van der Waals surface area contributed by atoms with E-state index in [9.17, 15) is 4.79 Å². The summed E-state index contributed by atoms with van der Waals surface area (Å²) in [6, 6.07) is 15.4. The minimum atomic E-state index is -1.40. The van der Waals surface area contributed by atoms with Crippen molar-refractivity contribution in [2.75, 3.05) is 12.4 Å². The van der Waals surface area contributed by atoms with Crippen molar-refractivity contribution in [3.63, 3.8) is 0 Å². The number of thiophene rings is 1. The van der Waals surface area contributed by atoms with E-state index in [4.69, 9.17) is 14.6 Å². The van der Waals surface area contributed by atoms with Crippen molar-refractivity contribution in [1.29, 1.82) is 0 Å². The van der Waals surface area contributed by atoms with Crippen molar-refractivity contribution in [1.82, 2.24) is 5.01 Å². The van der Waals surface area contributed by atoms with Gasteiger partial charge in [-0.1, -0.05) is 34.1 Å². The van der Waals surface area contributed by atoms with Crippen LogP contribution in [-0.2, 0) is 10.5 Å². The highest BCUT2D eigenvalue weighted by Gasteiger charge is 2.61. The fraction of sp³-hybridized carbons (Fsp3) is 0.182. The Balaban J connectivity index is 1.62. The lowest BCUT2D eigenvalue weighted by Gasteiger charge is -2.44. The first-order valence-electron chi connectivity index (χ1n) is 9.50. The van der Waals surface area contributed by atoms with E-state index in [0.717, 1.165) is 31.9 Å². The van der Waals surface area contributed by atoms with Crippen LogP contribution in [0.3, 0.4) is 0 Å². The third kappa shape index (κ3) is 2.29. The quantitative estimate of drug-likeness (QED) is 0.567. The Morgan fingerprint density at radius 2 is 2.20 bits per heavy atom. The number of carbonyl (C=O) groups is 1. The molecule has 6 nitrogen and oxygen atoms in total. The van der Waals surface area contributed by atoms with E-state index < -0.39 is 5.72 Å². The largest absolute Gasteiger partial charge is 0.493 e. The predicted octanol–water partition coefficient (Wildman–Crippen LogP) is 4.87. The van der Waals surface area contributed by atoms with E-state index in [1.807, 2.05) is 52.9 Å². The van der Waals surface area contributed by atoms with Gasteiger partial charge in [0.25, 0.3) is 5.91 Å². The van der Waals surface area contributed by atoms with Crippen molar-refractivity contribution < 1.29 is 14.3 Å². The van der Waals surface area contributed by atoms with Gasteiger partial charge >= 0.3 is 5.72 Å². The lowest BCUT2D eigenvalue weighted by atomic mass is 9.93. The Kier molecular flexibility index (Phi) is 3.79. The lowest BCUT2D eigenvalue weighted by Crippen LogP contribution is -2.55. The van der Waals surface area contributed by atoms with E-state index in [1.165, 1.54) is 0 Å². The maximum atomic E-state index is 13.5. The molecule has 1 aromatic heterocycles. The highest BCUT2D eigenvalue weighted by Crippen LogP contribution is 2.56. The van der Waals surface area contributed by atoms with Crippen LogP contribution in [0.5, 0.6) is 11.5 Å². The fourth-order valence-corrected chi connectivity index (χ4v) is 5.54. The molecule has 0 saturated heterocycles. The first-order valence-corrected chi connectivity index (χ1v) is 11.2. The summed E-state index contributed by atoms with van der Waals surface area (Å²) in [7, 11) is 1.61. The fourth-order valence-electron chi connectivity index (χ4n) is 4.46. The van der Waals surface area contributed by atoms with Gasteiger partial charge in [-0.05, 0) is 35.7 Å². The zero-order valence-corrected chi connectivity index (χ0v) is 18.3. The van der Waals surface area contributed by atoms with Crippen LogP contribution in [0, 0.1) is 0 Å². The third-order valence-corrected chi connectivity index (χ3v) is 7.19. The molecule has 2 atom stereocenters. The normalized spacial score (nSPS) is 23.4. The van der Waals surface area contributed by atoms with Gasteiger partial charge in [0, 0.05) is 16.5 Å². The Hall–Kier alpha value is -2.84. The highest BCUT2D eigenvalue weighted by atomic mass is 79.9. The Morgan fingerprint density at radius 3 is 3.00 bits per heavy atom. The van der Waals surface area contributed by atoms with E-state index in [-0.39, 0.29) is 11.9 Å². The van der Waals surface area contributed by atoms with E-state index >= 15 is 0 Å². The molecule has 30 heavy (non-hydrogen) atoms. The summed E-state index contributed by atoms with van der Waals surface area (Å²) in [6.45, 7) is 0. The van der Waals surface area contributed by atoms with Crippen molar-refractivity contribution in [2.24, 2.45) is 5.10 Å². The molecule has 1 N–H and O–H groups in total. The van der Waals surface area contributed by atoms with Gasteiger partial charge in [0.15, 0.2) is 11.5 Å². The number of ether oxygens (including phenoxy) is 2. The summed E-state index contributed by atoms with van der Waals surface area (Å²) in [5.74, 6) is 0.938. The number of methoxy groups -OCH3 is 1. The van der Waals surface area contributed by atoms with Gasteiger partial charge in [-0.25, -0.2) is 5.01 Å². The molecule has 1 amide bonds. The number of benzene rings is 2. The number of anilines is 1. The number of hydrazone groups is 1. The number of fused-ring (bicyclic) bond motifs is 6. The zero-order chi connectivity index (χ0) is 20.5. The zero-order valence-electron chi connectivity index (χ0n) is 15.9. The number of carbonyl (C=O) groups excluding carboxylic acids is 1. The standard InChI is InChI=1S/C22H16BrN3O3S/c1-28-18-5-2-4-13-17-11-16(19-6-3-9-30-19)25-26(17)22(29-20(13)18)14-10-12(23)7-8-15(14)24-21(22)27/h2-10,17H,11H2,1H3,(H,24,27)/t17-,22-/m0/s1. The molecule has 0 bridgehead atoms. The van der Waals surface area contributed by atoms with Crippen molar-refractivity contribution >= 4 is 44.6 Å². The van der Waals surface area contributed by atoms with Crippen molar-refractivity contribution in [3.05, 3.63) is 74.4 Å². The van der Waals surface area contributed by atoms with Gasteiger partial charge in [0.1, 0.15) is 0 Å². The van der Waals surface area contributed by atoms with E-state index in [1.54, 1.807) is 18.4 Å². The molecule has 0 fully saturated rings. The van der Waals surface area contributed by atoms with E-state index in [0.29, 0.717) is 17.9 Å². The van der Waals surface area contributed by atoms with Crippen LogP contribution in [0.4, 0.5) is 5.69 Å². The molecule has 8 heteroatoms. The second-order valence-electron chi connectivity index (χ2n) is 7.36. The third-order valence-electron chi connectivity index (χ3n) is 5.78. The molecule has 2 aromatic carbocycles. The first kappa shape index (κ1) is 18.0. The summed E-state index contributed by atoms with van der Waals surface area (Å²) in [5.41, 5.74) is 1.97. The average molecular weight is 482 g/mol. The molecule has 150 valence electrons. The summed E-state index contributed by atoms with van der Waals surface area (Å²) >= 11 is 5.18. The number of nitrogens with one attached hydrogen (secondary N) is 1. The molecule has 4 heterocycles. The van der Waals surface area contributed by atoms with Crippen LogP contribution >= 0.6 is 27.3 Å². The van der Waals surface area contributed by atoms with Gasteiger partial charge in [-0.15, -0.1) is 11.3 Å². The topological polar surface area (TPSA) is 63.2 Å². The molecule has 3 aliphatic heterocycles. The van der Waals surface area contributed by atoms with Crippen molar-refractivity contribution in [2.45, 2.75) is 18.2 Å². The van der Waals surface area contributed by atoms with Crippen LogP contribution < -0.4 is 14.8 Å².